The molecule has 1 aromatic carbocycles. The van der Waals surface area contributed by atoms with E-state index in [1.165, 1.54) is 23.5 Å². The summed E-state index contributed by atoms with van der Waals surface area (Å²) in [5, 5.41) is 0. The summed E-state index contributed by atoms with van der Waals surface area (Å²) in [7, 11) is -3.22. The third kappa shape index (κ3) is 2.93. The van der Waals surface area contributed by atoms with Gasteiger partial charge in [-0.25, -0.2) is 8.42 Å². The van der Waals surface area contributed by atoms with E-state index in [-0.39, 0.29) is 10.7 Å². The van der Waals surface area contributed by atoms with E-state index in [0.717, 1.165) is 16.7 Å². The molecule has 0 bridgehead atoms. The number of aryl methyl sites for hydroxylation is 2. The van der Waals surface area contributed by atoms with Crippen LogP contribution in [-0.4, -0.2) is 20.5 Å². The highest BCUT2D eigenvalue weighted by Gasteiger charge is 2.15. The summed E-state index contributed by atoms with van der Waals surface area (Å²) in [5.41, 5.74) is 1.47. The third-order valence-electron chi connectivity index (χ3n) is 2.79. The molecule has 100 valence electrons. The monoisotopic (exact) mass is 294 g/mol. The van der Waals surface area contributed by atoms with Gasteiger partial charge in [0.1, 0.15) is 0 Å². The van der Waals surface area contributed by atoms with Gasteiger partial charge in [-0.3, -0.25) is 4.79 Å². The van der Waals surface area contributed by atoms with Crippen molar-refractivity contribution >= 4 is 27.0 Å². The van der Waals surface area contributed by atoms with Crippen LogP contribution in [0.1, 0.15) is 25.7 Å². The molecule has 1 heterocycles. The Kier molecular flexibility index (Phi) is 3.60. The number of rotatable bonds is 3. The van der Waals surface area contributed by atoms with Crippen LogP contribution >= 0.6 is 11.3 Å². The highest BCUT2D eigenvalue weighted by atomic mass is 32.2. The van der Waals surface area contributed by atoms with Crippen LogP contribution in [0.5, 0.6) is 0 Å². The lowest BCUT2D eigenvalue weighted by Gasteiger charge is -2.02. The van der Waals surface area contributed by atoms with Crippen molar-refractivity contribution in [3.05, 3.63) is 51.2 Å². The Labute approximate surface area is 116 Å². The summed E-state index contributed by atoms with van der Waals surface area (Å²) in [6.07, 6.45) is 1.15. The van der Waals surface area contributed by atoms with Crippen LogP contribution in [0, 0.1) is 13.8 Å². The van der Waals surface area contributed by atoms with Crippen molar-refractivity contribution in [2.75, 3.05) is 6.26 Å². The molecule has 0 saturated carbocycles. The quantitative estimate of drug-likeness (QED) is 0.818. The molecular formula is C14H14O3S2. The van der Waals surface area contributed by atoms with Gasteiger partial charge in [-0.05, 0) is 49.7 Å². The van der Waals surface area contributed by atoms with Crippen molar-refractivity contribution in [1.82, 2.24) is 0 Å². The fourth-order valence-corrected chi connectivity index (χ4v) is 3.47. The van der Waals surface area contributed by atoms with Gasteiger partial charge in [-0.1, -0.05) is 0 Å². The van der Waals surface area contributed by atoms with Crippen molar-refractivity contribution in [2.24, 2.45) is 0 Å². The van der Waals surface area contributed by atoms with Gasteiger partial charge in [0.05, 0.1) is 9.77 Å². The maximum atomic E-state index is 12.3. The standard InChI is InChI=1S/C14H14O3S2/c1-9-8-10(2)18-14(9)13(15)11-4-6-12(7-5-11)19(3,16)17/h4-8H,1-3H3. The molecule has 5 heteroatoms. The number of hydrogen-bond donors (Lipinski definition) is 0. The van der Waals surface area contributed by atoms with Crippen LogP contribution in [0.4, 0.5) is 0 Å². The second-order valence-corrected chi connectivity index (χ2v) is 7.77. The molecule has 0 aliphatic rings. The predicted molar refractivity (Wildman–Crippen MR) is 76.8 cm³/mol. The van der Waals surface area contributed by atoms with Crippen molar-refractivity contribution in [2.45, 2.75) is 18.7 Å². The molecule has 19 heavy (non-hydrogen) atoms. The summed E-state index contributed by atoms with van der Waals surface area (Å²) in [6.45, 7) is 3.86. The van der Waals surface area contributed by atoms with Gasteiger partial charge in [-0.2, -0.15) is 0 Å². The zero-order valence-corrected chi connectivity index (χ0v) is 12.6. The first kappa shape index (κ1) is 14.0. The largest absolute Gasteiger partial charge is 0.288 e. The lowest BCUT2D eigenvalue weighted by Crippen LogP contribution is -2.02. The van der Waals surface area contributed by atoms with Crippen LogP contribution in [0.2, 0.25) is 0 Å². The second-order valence-electron chi connectivity index (χ2n) is 4.49. The van der Waals surface area contributed by atoms with E-state index in [9.17, 15) is 13.2 Å². The molecule has 0 radical (unpaired) electrons. The first-order valence-electron chi connectivity index (χ1n) is 5.71. The summed E-state index contributed by atoms with van der Waals surface area (Å²) < 4.78 is 22.7. The summed E-state index contributed by atoms with van der Waals surface area (Å²) in [4.78, 5) is 14.3. The van der Waals surface area contributed by atoms with Gasteiger partial charge in [0.15, 0.2) is 9.84 Å². The summed E-state index contributed by atoms with van der Waals surface area (Å²) >= 11 is 1.46. The summed E-state index contributed by atoms with van der Waals surface area (Å²) in [6, 6.07) is 8.04. The molecular weight excluding hydrogens is 280 g/mol. The normalized spacial score (nSPS) is 11.5. The molecule has 0 saturated heterocycles. The average Bonchev–Trinajstić information content (AvgIpc) is 2.66. The smallest absolute Gasteiger partial charge is 0.203 e. The van der Waals surface area contributed by atoms with Crippen LogP contribution in [0.3, 0.4) is 0 Å². The Bertz CT molecular complexity index is 723. The molecule has 0 fully saturated rings. The highest BCUT2D eigenvalue weighted by molar-refractivity contribution is 7.90. The van der Waals surface area contributed by atoms with Crippen molar-refractivity contribution in [3.8, 4) is 0 Å². The van der Waals surface area contributed by atoms with Gasteiger partial charge in [-0.15, -0.1) is 11.3 Å². The molecule has 3 nitrogen and oxygen atoms in total. The van der Waals surface area contributed by atoms with E-state index < -0.39 is 9.84 Å². The second kappa shape index (κ2) is 4.90. The Hall–Kier alpha value is -1.46. The van der Waals surface area contributed by atoms with E-state index in [1.54, 1.807) is 12.1 Å². The van der Waals surface area contributed by atoms with Gasteiger partial charge in [0, 0.05) is 16.7 Å². The number of carbonyl (C=O) groups excluding carboxylic acids is 1. The summed E-state index contributed by atoms with van der Waals surface area (Å²) in [5.74, 6) is -0.0596. The number of hydrogen-bond acceptors (Lipinski definition) is 4. The van der Waals surface area contributed by atoms with Gasteiger partial charge >= 0.3 is 0 Å². The van der Waals surface area contributed by atoms with E-state index in [4.69, 9.17) is 0 Å². The minimum Gasteiger partial charge on any atom is -0.288 e. The van der Waals surface area contributed by atoms with E-state index in [1.807, 2.05) is 19.9 Å². The number of sulfone groups is 1. The minimum atomic E-state index is -3.22. The van der Waals surface area contributed by atoms with E-state index in [2.05, 4.69) is 0 Å². The fourth-order valence-electron chi connectivity index (χ4n) is 1.85. The molecule has 0 unspecified atom stereocenters. The Morgan fingerprint density at radius 1 is 1.11 bits per heavy atom. The zero-order valence-electron chi connectivity index (χ0n) is 10.9. The third-order valence-corrected chi connectivity index (χ3v) is 5.07. The van der Waals surface area contributed by atoms with Crippen molar-refractivity contribution in [1.29, 1.82) is 0 Å². The molecule has 0 aliphatic heterocycles. The van der Waals surface area contributed by atoms with Gasteiger partial charge < -0.3 is 0 Å². The first-order valence-corrected chi connectivity index (χ1v) is 8.41. The fraction of sp³-hybridized carbons (Fsp3) is 0.214. The molecule has 2 aromatic rings. The number of carbonyl (C=O) groups is 1. The number of benzene rings is 1. The Morgan fingerprint density at radius 2 is 1.68 bits per heavy atom. The number of ketones is 1. The molecule has 0 aliphatic carbocycles. The maximum absolute atomic E-state index is 12.3. The molecule has 0 atom stereocenters. The lowest BCUT2D eigenvalue weighted by atomic mass is 10.1. The van der Waals surface area contributed by atoms with E-state index in [0.29, 0.717) is 10.4 Å². The Morgan fingerprint density at radius 3 is 2.11 bits per heavy atom. The SMILES string of the molecule is Cc1cc(C)c(C(=O)c2ccc(S(C)(=O)=O)cc2)s1. The molecule has 0 N–H and O–H groups in total. The average molecular weight is 294 g/mol. The van der Waals surface area contributed by atoms with E-state index >= 15 is 0 Å². The maximum Gasteiger partial charge on any atom is 0.203 e. The molecule has 1 aromatic heterocycles. The first-order chi connectivity index (χ1) is 8.79. The highest BCUT2D eigenvalue weighted by Crippen LogP contribution is 2.24. The van der Waals surface area contributed by atoms with Gasteiger partial charge in [0.2, 0.25) is 5.78 Å². The Balaban J connectivity index is 2.38. The topological polar surface area (TPSA) is 51.2 Å². The lowest BCUT2D eigenvalue weighted by molar-refractivity contribution is 0.104. The van der Waals surface area contributed by atoms with Crippen LogP contribution in [0.15, 0.2) is 35.2 Å². The predicted octanol–water partition coefficient (Wildman–Crippen LogP) is 3.00. The molecule has 0 spiro atoms. The van der Waals surface area contributed by atoms with Crippen LogP contribution in [-0.2, 0) is 9.84 Å². The van der Waals surface area contributed by atoms with Crippen LogP contribution < -0.4 is 0 Å². The number of thiophene rings is 1. The van der Waals surface area contributed by atoms with Crippen LogP contribution in [0.25, 0.3) is 0 Å². The molecule has 2 rings (SSSR count). The van der Waals surface area contributed by atoms with Crippen molar-refractivity contribution in [3.63, 3.8) is 0 Å². The molecule has 0 amide bonds. The minimum absolute atomic E-state index is 0.0596. The zero-order chi connectivity index (χ0) is 14.2. The van der Waals surface area contributed by atoms with Gasteiger partial charge in [0.25, 0.3) is 0 Å². The van der Waals surface area contributed by atoms with Crippen molar-refractivity contribution < 1.29 is 13.2 Å².